The van der Waals surface area contributed by atoms with Gasteiger partial charge in [0.25, 0.3) is 0 Å². The quantitative estimate of drug-likeness (QED) is 0.239. The zero-order chi connectivity index (χ0) is 22.9. The Labute approximate surface area is 176 Å². The number of carbonyl (C=O) groups is 4. The highest BCUT2D eigenvalue weighted by atomic mass is 16.5. The van der Waals surface area contributed by atoms with Gasteiger partial charge < -0.3 is 30.3 Å². The van der Waals surface area contributed by atoms with Crippen LogP contribution in [0.3, 0.4) is 0 Å². The van der Waals surface area contributed by atoms with Crippen molar-refractivity contribution in [3.05, 3.63) is 0 Å². The second kappa shape index (κ2) is 11.8. The first kappa shape index (κ1) is 25.8. The third-order valence-electron chi connectivity index (χ3n) is 4.74. The summed E-state index contributed by atoms with van der Waals surface area (Å²) >= 11 is 0. The van der Waals surface area contributed by atoms with Crippen LogP contribution < -0.4 is 10.6 Å². The molecule has 0 aliphatic heterocycles. The lowest BCUT2D eigenvalue weighted by atomic mass is 9.67. The van der Waals surface area contributed by atoms with E-state index in [9.17, 15) is 29.4 Å². The minimum absolute atomic E-state index is 0.0820. The van der Waals surface area contributed by atoms with Crippen LogP contribution in [-0.2, 0) is 28.7 Å². The second-order valence-electron chi connectivity index (χ2n) is 8.40. The number of aliphatic hydroxyl groups excluding tert-OH is 2. The maximum atomic E-state index is 12.8. The van der Waals surface area contributed by atoms with Gasteiger partial charge in [-0.2, -0.15) is 0 Å². The molecular weight excluding hydrogens is 396 g/mol. The predicted molar refractivity (Wildman–Crippen MR) is 106 cm³/mol. The number of aliphatic hydroxyl groups is 2. The largest absolute Gasteiger partial charge is 0.464 e. The topological polar surface area (TPSA) is 151 Å². The molecule has 0 spiro atoms. The van der Waals surface area contributed by atoms with Crippen molar-refractivity contribution < 1.29 is 38.9 Å². The molecule has 1 rings (SSSR count). The number of amides is 2. The van der Waals surface area contributed by atoms with Crippen LogP contribution in [0.1, 0.15) is 47.0 Å². The molecule has 0 saturated heterocycles. The van der Waals surface area contributed by atoms with Gasteiger partial charge in [-0.05, 0) is 24.7 Å². The molecular formula is C20H34N2O8. The SMILES string of the molecule is CC(C)COC(=O)[C@@H](CO)NC(=O)C1(C(=O)N[C@H](CO)C(=O)OCC(C)C)CCC1. The van der Waals surface area contributed by atoms with Gasteiger partial charge >= 0.3 is 11.9 Å². The summed E-state index contributed by atoms with van der Waals surface area (Å²) in [6.07, 6.45) is 1.02. The van der Waals surface area contributed by atoms with Crippen molar-refractivity contribution in [3.8, 4) is 0 Å². The molecule has 30 heavy (non-hydrogen) atoms. The summed E-state index contributed by atoms with van der Waals surface area (Å²) in [5.41, 5.74) is -1.49. The van der Waals surface area contributed by atoms with E-state index in [0.29, 0.717) is 6.42 Å². The smallest absolute Gasteiger partial charge is 0.331 e. The summed E-state index contributed by atoms with van der Waals surface area (Å²) in [4.78, 5) is 49.7. The first-order valence-corrected chi connectivity index (χ1v) is 10.2. The third-order valence-corrected chi connectivity index (χ3v) is 4.74. The van der Waals surface area contributed by atoms with E-state index in [2.05, 4.69) is 10.6 Å². The molecule has 2 amide bonds. The number of carbonyl (C=O) groups excluding carboxylic acids is 4. The molecule has 0 aromatic heterocycles. The van der Waals surface area contributed by atoms with Crippen molar-refractivity contribution in [1.82, 2.24) is 10.6 Å². The fraction of sp³-hybridized carbons (Fsp3) is 0.800. The number of nitrogens with one attached hydrogen (secondary N) is 2. The fourth-order valence-electron chi connectivity index (χ4n) is 2.74. The Morgan fingerprint density at radius 1 is 0.800 bits per heavy atom. The average Bonchev–Trinajstić information content (AvgIpc) is 2.65. The molecule has 0 bridgehead atoms. The van der Waals surface area contributed by atoms with Gasteiger partial charge in [0, 0.05) is 0 Å². The Hall–Kier alpha value is -2.20. The van der Waals surface area contributed by atoms with Crippen molar-refractivity contribution in [2.24, 2.45) is 17.3 Å². The van der Waals surface area contributed by atoms with E-state index < -0.39 is 54.5 Å². The lowest BCUT2D eigenvalue weighted by molar-refractivity contribution is -0.158. The monoisotopic (exact) mass is 430 g/mol. The highest BCUT2D eigenvalue weighted by Gasteiger charge is 2.52. The van der Waals surface area contributed by atoms with Gasteiger partial charge in [0.1, 0.15) is 5.41 Å². The molecule has 1 aliphatic rings. The highest BCUT2D eigenvalue weighted by Crippen LogP contribution is 2.41. The lowest BCUT2D eigenvalue weighted by Crippen LogP contribution is -2.61. The van der Waals surface area contributed by atoms with Gasteiger partial charge in [-0.1, -0.05) is 34.1 Å². The summed E-state index contributed by atoms with van der Waals surface area (Å²) in [7, 11) is 0. The normalized spacial score (nSPS) is 16.9. The van der Waals surface area contributed by atoms with Crippen LogP contribution in [0.4, 0.5) is 0 Å². The molecule has 172 valence electrons. The molecule has 0 unspecified atom stereocenters. The van der Waals surface area contributed by atoms with E-state index in [1.54, 1.807) is 0 Å². The summed E-state index contributed by atoms with van der Waals surface area (Å²) in [6, 6.07) is -2.60. The average molecular weight is 430 g/mol. The molecule has 0 heterocycles. The summed E-state index contributed by atoms with van der Waals surface area (Å²) in [5.74, 6) is -2.89. The number of hydrogen-bond acceptors (Lipinski definition) is 8. The Kier molecular flexibility index (Phi) is 10.2. The van der Waals surface area contributed by atoms with E-state index in [0.717, 1.165) is 0 Å². The lowest BCUT2D eigenvalue weighted by Gasteiger charge is -2.39. The standard InChI is InChI=1S/C20H34N2O8/c1-12(2)10-29-16(25)14(8-23)21-18(27)20(6-5-7-20)19(28)22-15(9-24)17(26)30-11-13(3)4/h12-15,23-24H,5-11H2,1-4H3,(H,21,27)(H,22,28)/t14-,15-/m1/s1. The van der Waals surface area contributed by atoms with Gasteiger partial charge in [0.05, 0.1) is 26.4 Å². The molecule has 0 aromatic rings. The Bertz CT molecular complexity index is 568. The summed E-state index contributed by atoms with van der Waals surface area (Å²) in [5, 5.41) is 23.7. The third kappa shape index (κ3) is 6.94. The van der Waals surface area contributed by atoms with Gasteiger partial charge in [-0.15, -0.1) is 0 Å². The van der Waals surface area contributed by atoms with Gasteiger partial charge in [-0.3, -0.25) is 9.59 Å². The number of rotatable bonds is 12. The molecule has 2 atom stereocenters. The molecule has 1 saturated carbocycles. The first-order chi connectivity index (χ1) is 14.1. The van der Waals surface area contributed by atoms with E-state index in [1.165, 1.54) is 0 Å². The van der Waals surface area contributed by atoms with Crippen LogP contribution in [0.5, 0.6) is 0 Å². The van der Waals surface area contributed by atoms with Gasteiger partial charge in [0.15, 0.2) is 12.1 Å². The van der Waals surface area contributed by atoms with Crippen molar-refractivity contribution >= 4 is 23.8 Å². The van der Waals surface area contributed by atoms with E-state index in [1.807, 2.05) is 27.7 Å². The van der Waals surface area contributed by atoms with Crippen molar-refractivity contribution in [1.29, 1.82) is 0 Å². The van der Waals surface area contributed by atoms with E-state index >= 15 is 0 Å². The number of ether oxygens (including phenoxy) is 2. The van der Waals surface area contributed by atoms with Crippen LogP contribution in [0.15, 0.2) is 0 Å². The van der Waals surface area contributed by atoms with Crippen molar-refractivity contribution in [2.45, 2.75) is 59.0 Å². The predicted octanol–water partition coefficient (Wildman–Crippen LogP) is -0.491. The zero-order valence-corrected chi connectivity index (χ0v) is 18.1. The molecule has 1 aliphatic carbocycles. The fourth-order valence-corrected chi connectivity index (χ4v) is 2.74. The van der Waals surface area contributed by atoms with Crippen molar-refractivity contribution in [3.63, 3.8) is 0 Å². The molecule has 10 heteroatoms. The maximum absolute atomic E-state index is 12.8. The van der Waals surface area contributed by atoms with Crippen molar-refractivity contribution in [2.75, 3.05) is 26.4 Å². The second-order valence-corrected chi connectivity index (χ2v) is 8.40. The summed E-state index contributed by atoms with van der Waals surface area (Å²) in [6.45, 7) is 6.28. The van der Waals surface area contributed by atoms with Crippen LogP contribution in [-0.4, -0.2) is 72.5 Å². The zero-order valence-electron chi connectivity index (χ0n) is 18.1. The minimum atomic E-state index is -1.49. The Morgan fingerprint density at radius 3 is 1.40 bits per heavy atom. The number of esters is 2. The van der Waals surface area contributed by atoms with E-state index in [4.69, 9.17) is 9.47 Å². The first-order valence-electron chi connectivity index (χ1n) is 10.2. The molecule has 0 radical (unpaired) electrons. The molecule has 4 N–H and O–H groups in total. The summed E-state index contributed by atoms with van der Waals surface area (Å²) < 4.78 is 10.1. The minimum Gasteiger partial charge on any atom is -0.464 e. The molecule has 1 fully saturated rings. The molecule has 0 aromatic carbocycles. The Balaban J connectivity index is 2.78. The van der Waals surface area contributed by atoms with Crippen LogP contribution in [0.25, 0.3) is 0 Å². The van der Waals surface area contributed by atoms with Gasteiger partial charge in [-0.25, -0.2) is 9.59 Å². The van der Waals surface area contributed by atoms with Crippen LogP contribution >= 0.6 is 0 Å². The number of hydrogen-bond donors (Lipinski definition) is 4. The highest BCUT2D eigenvalue weighted by molar-refractivity contribution is 6.07. The van der Waals surface area contributed by atoms with Crippen LogP contribution in [0.2, 0.25) is 0 Å². The van der Waals surface area contributed by atoms with Gasteiger partial charge in [0.2, 0.25) is 11.8 Å². The Morgan fingerprint density at radius 2 is 1.17 bits per heavy atom. The van der Waals surface area contributed by atoms with Crippen LogP contribution in [0, 0.1) is 17.3 Å². The molecule has 10 nitrogen and oxygen atoms in total. The maximum Gasteiger partial charge on any atom is 0.331 e. The van der Waals surface area contributed by atoms with E-state index in [-0.39, 0.29) is 37.9 Å².